The molecule has 0 bridgehead atoms. The van der Waals surface area contributed by atoms with Crippen LogP contribution < -0.4 is 4.90 Å². The van der Waals surface area contributed by atoms with E-state index in [4.69, 9.17) is 0 Å². The van der Waals surface area contributed by atoms with Crippen LogP contribution in [0.2, 0.25) is 0 Å². The third-order valence-corrected chi connectivity index (χ3v) is 4.74. The smallest absolute Gasteiger partial charge is 0.254 e. The Morgan fingerprint density at radius 3 is 2.24 bits per heavy atom. The molecule has 2 amide bonds. The molecule has 25 heavy (non-hydrogen) atoms. The van der Waals surface area contributed by atoms with E-state index in [-0.39, 0.29) is 11.8 Å². The SMILES string of the molecule is CCN(CC)C(=O)CN1CCN(C(=O)c2cccc(N(C)C)c2)CC1. The van der Waals surface area contributed by atoms with E-state index in [9.17, 15) is 9.59 Å². The van der Waals surface area contributed by atoms with Gasteiger partial charge in [0.2, 0.25) is 5.91 Å². The molecule has 0 aliphatic carbocycles. The number of carbonyl (C=O) groups is 2. The second-order valence-electron chi connectivity index (χ2n) is 6.58. The normalized spacial score (nSPS) is 15.1. The lowest BCUT2D eigenvalue weighted by Crippen LogP contribution is -2.51. The van der Waals surface area contributed by atoms with Gasteiger partial charge in [0, 0.05) is 64.6 Å². The van der Waals surface area contributed by atoms with Crippen LogP contribution in [0.3, 0.4) is 0 Å². The Kier molecular flexibility index (Phi) is 6.82. The molecule has 0 radical (unpaired) electrons. The minimum atomic E-state index is 0.0680. The van der Waals surface area contributed by atoms with Crippen molar-refractivity contribution in [1.82, 2.24) is 14.7 Å². The van der Waals surface area contributed by atoms with Crippen molar-refractivity contribution in [3.8, 4) is 0 Å². The topological polar surface area (TPSA) is 47.1 Å². The van der Waals surface area contributed by atoms with E-state index in [2.05, 4.69) is 4.90 Å². The van der Waals surface area contributed by atoms with Crippen LogP contribution in [0.4, 0.5) is 5.69 Å². The molecule has 1 aliphatic rings. The number of likely N-dealkylation sites (N-methyl/N-ethyl adjacent to an activating group) is 1. The summed E-state index contributed by atoms with van der Waals surface area (Å²) in [6.07, 6.45) is 0. The van der Waals surface area contributed by atoms with Gasteiger partial charge in [-0.2, -0.15) is 0 Å². The molecule has 1 saturated heterocycles. The average Bonchev–Trinajstić information content (AvgIpc) is 2.63. The zero-order chi connectivity index (χ0) is 18.4. The third-order valence-electron chi connectivity index (χ3n) is 4.74. The maximum atomic E-state index is 12.7. The van der Waals surface area contributed by atoms with Gasteiger partial charge < -0.3 is 14.7 Å². The number of hydrogen-bond donors (Lipinski definition) is 0. The highest BCUT2D eigenvalue weighted by molar-refractivity contribution is 5.95. The highest BCUT2D eigenvalue weighted by atomic mass is 16.2. The minimum Gasteiger partial charge on any atom is -0.378 e. The average molecular weight is 346 g/mol. The van der Waals surface area contributed by atoms with E-state index in [1.54, 1.807) is 0 Å². The highest BCUT2D eigenvalue weighted by Crippen LogP contribution is 2.16. The largest absolute Gasteiger partial charge is 0.378 e. The van der Waals surface area contributed by atoms with Crippen molar-refractivity contribution >= 4 is 17.5 Å². The summed E-state index contributed by atoms with van der Waals surface area (Å²) in [5.41, 5.74) is 1.74. The summed E-state index contributed by atoms with van der Waals surface area (Å²) in [5, 5.41) is 0. The maximum absolute atomic E-state index is 12.7. The number of piperazine rings is 1. The van der Waals surface area contributed by atoms with Crippen molar-refractivity contribution < 1.29 is 9.59 Å². The van der Waals surface area contributed by atoms with E-state index >= 15 is 0 Å². The number of anilines is 1. The van der Waals surface area contributed by atoms with Crippen LogP contribution in [0.1, 0.15) is 24.2 Å². The number of hydrogen-bond acceptors (Lipinski definition) is 4. The van der Waals surface area contributed by atoms with Gasteiger partial charge in [-0.25, -0.2) is 0 Å². The van der Waals surface area contributed by atoms with Crippen molar-refractivity contribution in [2.75, 3.05) is 64.8 Å². The highest BCUT2D eigenvalue weighted by Gasteiger charge is 2.24. The molecule has 1 aromatic carbocycles. The van der Waals surface area contributed by atoms with E-state index in [1.165, 1.54) is 0 Å². The first kappa shape index (κ1) is 19.2. The Morgan fingerprint density at radius 2 is 1.68 bits per heavy atom. The quantitative estimate of drug-likeness (QED) is 0.781. The van der Waals surface area contributed by atoms with Crippen LogP contribution in [0, 0.1) is 0 Å². The monoisotopic (exact) mass is 346 g/mol. The lowest BCUT2D eigenvalue weighted by molar-refractivity contribution is -0.132. The zero-order valence-electron chi connectivity index (χ0n) is 15.9. The Morgan fingerprint density at radius 1 is 1.04 bits per heavy atom. The van der Waals surface area contributed by atoms with Gasteiger partial charge >= 0.3 is 0 Å². The maximum Gasteiger partial charge on any atom is 0.254 e. The molecule has 138 valence electrons. The summed E-state index contributed by atoms with van der Waals surface area (Å²) in [4.78, 5) is 32.8. The van der Waals surface area contributed by atoms with E-state index in [0.29, 0.717) is 19.6 Å². The summed E-state index contributed by atoms with van der Waals surface area (Å²) in [6, 6.07) is 7.71. The predicted molar refractivity (Wildman–Crippen MR) is 101 cm³/mol. The fourth-order valence-electron chi connectivity index (χ4n) is 3.08. The minimum absolute atomic E-state index is 0.0680. The zero-order valence-corrected chi connectivity index (χ0v) is 15.9. The molecule has 6 nitrogen and oxygen atoms in total. The molecule has 1 aromatic rings. The van der Waals surface area contributed by atoms with Gasteiger partial charge in [-0.1, -0.05) is 6.07 Å². The molecular formula is C19H30N4O2. The molecule has 2 rings (SSSR count). The molecule has 1 heterocycles. The van der Waals surface area contributed by atoms with Gasteiger partial charge in [-0.05, 0) is 32.0 Å². The van der Waals surface area contributed by atoms with Crippen molar-refractivity contribution in [1.29, 1.82) is 0 Å². The van der Waals surface area contributed by atoms with Gasteiger partial charge in [0.05, 0.1) is 6.54 Å². The van der Waals surface area contributed by atoms with E-state index in [1.807, 2.05) is 66.9 Å². The fraction of sp³-hybridized carbons (Fsp3) is 0.579. The summed E-state index contributed by atoms with van der Waals surface area (Å²) >= 11 is 0. The molecule has 0 atom stereocenters. The second-order valence-corrected chi connectivity index (χ2v) is 6.58. The molecule has 6 heteroatoms. The van der Waals surface area contributed by atoms with Crippen molar-refractivity contribution in [2.24, 2.45) is 0 Å². The molecule has 0 aromatic heterocycles. The van der Waals surface area contributed by atoms with Crippen LogP contribution >= 0.6 is 0 Å². The Hall–Kier alpha value is -2.08. The van der Waals surface area contributed by atoms with Crippen molar-refractivity contribution in [2.45, 2.75) is 13.8 Å². The van der Waals surface area contributed by atoms with Gasteiger partial charge in [0.15, 0.2) is 0 Å². The standard InChI is InChI=1S/C19H30N4O2/c1-5-22(6-2)18(24)15-21-10-12-23(13-11-21)19(25)16-8-7-9-17(14-16)20(3)4/h7-9,14H,5-6,10-13,15H2,1-4H3. The Balaban J connectivity index is 1.90. The first-order valence-corrected chi connectivity index (χ1v) is 9.03. The Bertz CT molecular complexity index is 591. The predicted octanol–water partition coefficient (Wildman–Crippen LogP) is 1.38. The summed E-state index contributed by atoms with van der Waals surface area (Å²) in [6.45, 7) is 8.75. The number of amides is 2. The first-order valence-electron chi connectivity index (χ1n) is 9.03. The van der Waals surface area contributed by atoms with Gasteiger partial charge in [-0.3, -0.25) is 14.5 Å². The number of carbonyl (C=O) groups excluding carboxylic acids is 2. The number of benzene rings is 1. The molecule has 1 aliphatic heterocycles. The van der Waals surface area contributed by atoms with Crippen LogP contribution in [-0.2, 0) is 4.79 Å². The van der Waals surface area contributed by atoms with Crippen molar-refractivity contribution in [3.63, 3.8) is 0 Å². The second kappa shape index (κ2) is 8.85. The van der Waals surface area contributed by atoms with Crippen molar-refractivity contribution in [3.05, 3.63) is 29.8 Å². The third kappa shape index (κ3) is 4.95. The summed E-state index contributed by atoms with van der Waals surface area (Å²) < 4.78 is 0. The first-order chi connectivity index (χ1) is 12.0. The molecule has 0 saturated carbocycles. The number of rotatable bonds is 6. The van der Waals surface area contributed by atoms with Gasteiger partial charge in [-0.15, -0.1) is 0 Å². The van der Waals surface area contributed by atoms with E-state index < -0.39 is 0 Å². The number of nitrogens with zero attached hydrogens (tertiary/aromatic N) is 4. The van der Waals surface area contributed by atoms with E-state index in [0.717, 1.165) is 37.4 Å². The van der Waals surface area contributed by atoms with Crippen LogP contribution in [0.15, 0.2) is 24.3 Å². The fourth-order valence-corrected chi connectivity index (χ4v) is 3.08. The van der Waals surface area contributed by atoms with Gasteiger partial charge in [0.1, 0.15) is 0 Å². The lowest BCUT2D eigenvalue weighted by Gasteiger charge is -2.35. The van der Waals surface area contributed by atoms with Crippen LogP contribution in [0.5, 0.6) is 0 Å². The molecule has 0 N–H and O–H groups in total. The van der Waals surface area contributed by atoms with Crippen LogP contribution in [-0.4, -0.2) is 86.4 Å². The molecular weight excluding hydrogens is 316 g/mol. The molecule has 1 fully saturated rings. The van der Waals surface area contributed by atoms with Crippen LogP contribution in [0.25, 0.3) is 0 Å². The Labute approximate surface area is 151 Å². The summed E-state index contributed by atoms with van der Waals surface area (Å²) in [5.74, 6) is 0.238. The molecule has 0 unspecified atom stereocenters. The molecule has 0 spiro atoms. The lowest BCUT2D eigenvalue weighted by atomic mass is 10.1. The summed E-state index contributed by atoms with van der Waals surface area (Å²) in [7, 11) is 3.94. The van der Waals surface area contributed by atoms with Gasteiger partial charge in [0.25, 0.3) is 5.91 Å².